The van der Waals surface area contributed by atoms with E-state index in [0.717, 1.165) is 42.2 Å². The molecule has 1 aliphatic heterocycles. The number of hydrogen-bond acceptors (Lipinski definition) is 4. The highest BCUT2D eigenvalue weighted by molar-refractivity contribution is 5.93. The fourth-order valence-corrected chi connectivity index (χ4v) is 3.16. The molecule has 2 aromatic heterocycles. The number of amides is 1. The summed E-state index contributed by atoms with van der Waals surface area (Å²) >= 11 is 0. The molecule has 3 N–H and O–H groups in total. The monoisotopic (exact) mass is 316 g/mol. The van der Waals surface area contributed by atoms with Crippen molar-refractivity contribution in [3.63, 3.8) is 0 Å². The number of carbonyl (C=O) groups excluding carboxylic acids is 1. The Balaban J connectivity index is 1.63. The first-order valence-electron chi connectivity index (χ1n) is 8.11. The number of nitrogens with one attached hydrogen (secondary N) is 3. The zero-order chi connectivity index (χ0) is 16.4. The molecule has 1 atom stereocenters. The molecule has 23 heavy (non-hydrogen) atoms. The summed E-state index contributed by atoms with van der Waals surface area (Å²) < 4.78 is 1.83. The summed E-state index contributed by atoms with van der Waals surface area (Å²) in [6, 6.07) is 1.80. The van der Waals surface area contributed by atoms with E-state index in [0.29, 0.717) is 18.2 Å². The van der Waals surface area contributed by atoms with Gasteiger partial charge in [-0.1, -0.05) is 0 Å². The van der Waals surface area contributed by atoms with Crippen molar-refractivity contribution in [2.24, 2.45) is 13.0 Å². The van der Waals surface area contributed by atoms with Crippen molar-refractivity contribution < 1.29 is 4.79 Å². The third kappa shape index (κ3) is 3.29. The Morgan fingerprint density at radius 2 is 2.30 bits per heavy atom. The Morgan fingerprint density at radius 1 is 1.48 bits per heavy atom. The second kappa shape index (κ2) is 6.54. The van der Waals surface area contributed by atoms with Gasteiger partial charge in [-0.3, -0.25) is 14.6 Å². The van der Waals surface area contributed by atoms with E-state index in [1.54, 1.807) is 6.07 Å². The van der Waals surface area contributed by atoms with Gasteiger partial charge >= 0.3 is 0 Å². The molecule has 1 fully saturated rings. The average molecular weight is 316 g/mol. The van der Waals surface area contributed by atoms with Gasteiger partial charge in [-0.15, -0.1) is 0 Å². The molecule has 7 nitrogen and oxygen atoms in total. The third-order valence-electron chi connectivity index (χ3n) is 4.59. The number of H-pyrrole nitrogens is 1. The molecular formula is C16H24N6O. The Kier molecular flexibility index (Phi) is 4.47. The van der Waals surface area contributed by atoms with Crippen molar-refractivity contribution in [2.45, 2.75) is 26.7 Å². The summed E-state index contributed by atoms with van der Waals surface area (Å²) in [4.78, 5) is 12.2. The maximum absolute atomic E-state index is 12.2. The Morgan fingerprint density at radius 3 is 2.96 bits per heavy atom. The molecule has 124 valence electrons. The van der Waals surface area contributed by atoms with Gasteiger partial charge in [-0.25, -0.2) is 0 Å². The van der Waals surface area contributed by atoms with Gasteiger partial charge in [0.05, 0.1) is 11.4 Å². The lowest BCUT2D eigenvalue weighted by molar-refractivity contribution is 0.0946. The number of hydrogen-bond donors (Lipinski definition) is 3. The number of rotatable bonds is 5. The number of aryl methyl sites for hydroxylation is 2. The summed E-state index contributed by atoms with van der Waals surface area (Å²) in [5, 5.41) is 17.8. The molecule has 1 unspecified atom stereocenters. The van der Waals surface area contributed by atoms with Crippen molar-refractivity contribution in [3.05, 3.63) is 23.1 Å². The summed E-state index contributed by atoms with van der Waals surface area (Å²) in [5.41, 5.74) is 4.19. The molecule has 0 saturated carbocycles. The highest BCUT2D eigenvalue weighted by Crippen LogP contribution is 2.25. The molecule has 0 spiro atoms. The topological polar surface area (TPSA) is 87.6 Å². The minimum absolute atomic E-state index is 0.103. The van der Waals surface area contributed by atoms with E-state index in [2.05, 4.69) is 25.9 Å². The van der Waals surface area contributed by atoms with Crippen molar-refractivity contribution in [1.29, 1.82) is 0 Å². The van der Waals surface area contributed by atoms with Gasteiger partial charge in [-0.2, -0.15) is 10.2 Å². The van der Waals surface area contributed by atoms with E-state index in [4.69, 9.17) is 0 Å². The van der Waals surface area contributed by atoms with Crippen LogP contribution in [0.3, 0.4) is 0 Å². The number of carbonyl (C=O) groups is 1. The molecule has 3 rings (SSSR count). The van der Waals surface area contributed by atoms with Crippen LogP contribution in [0.2, 0.25) is 0 Å². The first-order chi connectivity index (χ1) is 11.1. The smallest absolute Gasteiger partial charge is 0.269 e. The Labute approximate surface area is 135 Å². The molecule has 1 amide bonds. The zero-order valence-electron chi connectivity index (χ0n) is 13.9. The minimum atomic E-state index is -0.103. The lowest BCUT2D eigenvalue weighted by Gasteiger charge is -2.08. The molecule has 1 saturated heterocycles. The summed E-state index contributed by atoms with van der Waals surface area (Å²) in [7, 11) is 1.91. The summed E-state index contributed by atoms with van der Waals surface area (Å²) in [5.74, 6) is 0.572. The molecule has 2 aromatic rings. The van der Waals surface area contributed by atoms with E-state index in [-0.39, 0.29) is 5.91 Å². The Bertz CT molecular complexity index is 695. The van der Waals surface area contributed by atoms with Crippen LogP contribution in [0, 0.1) is 19.8 Å². The summed E-state index contributed by atoms with van der Waals surface area (Å²) in [6.07, 6.45) is 2.21. The predicted molar refractivity (Wildman–Crippen MR) is 88.2 cm³/mol. The molecule has 3 heterocycles. The predicted octanol–water partition coefficient (Wildman–Crippen LogP) is 1.16. The fraction of sp³-hybridized carbons (Fsp3) is 0.562. The minimum Gasteiger partial charge on any atom is -0.351 e. The van der Waals surface area contributed by atoms with Crippen molar-refractivity contribution in [3.8, 4) is 11.3 Å². The van der Waals surface area contributed by atoms with E-state index < -0.39 is 0 Å². The number of aromatic nitrogens is 4. The SMILES string of the molecule is Cc1nn(C)c(C)c1-c1cc(C(=O)NCCC2CCNC2)[nH]n1. The second-order valence-electron chi connectivity index (χ2n) is 6.24. The maximum Gasteiger partial charge on any atom is 0.269 e. The standard InChI is InChI=1S/C16H24N6O/c1-10-15(11(2)22(3)21-10)13-8-14(20-19-13)16(23)18-7-5-12-4-6-17-9-12/h8,12,17H,4-7,9H2,1-3H3,(H,18,23)(H,19,20). The second-order valence-corrected chi connectivity index (χ2v) is 6.24. The largest absolute Gasteiger partial charge is 0.351 e. The molecular weight excluding hydrogens is 292 g/mol. The van der Waals surface area contributed by atoms with Crippen LogP contribution in [-0.4, -0.2) is 45.5 Å². The van der Waals surface area contributed by atoms with Gasteiger partial charge in [0.1, 0.15) is 5.69 Å². The quantitative estimate of drug-likeness (QED) is 0.772. The lowest BCUT2D eigenvalue weighted by Crippen LogP contribution is -2.26. The van der Waals surface area contributed by atoms with Crippen LogP contribution in [0.4, 0.5) is 0 Å². The van der Waals surface area contributed by atoms with Gasteiger partial charge in [-0.05, 0) is 51.8 Å². The van der Waals surface area contributed by atoms with E-state index in [1.807, 2.05) is 25.6 Å². The van der Waals surface area contributed by atoms with Crippen LogP contribution < -0.4 is 10.6 Å². The maximum atomic E-state index is 12.2. The highest BCUT2D eigenvalue weighted by Gasteiger charge is 2.18. The van der Waals surface area contributed by atoms with Crippen LogP contribution in [0.1, 0.15) is 34.7 Å². The van der Waals surface area contributed by atoms with Crippen LogP contribution in [0.15, 0.2) is 6.07 Å². The molecule has 0 aliphatic carbocycles. The van der Waals surface area contributed by atoms with Crippen LogP contribution in [0.25, 0.3) is 11.3 Å². The zero-order valence-corrected chi connectivity index (χ0v) is 13.9. The van der Waals surface area contributed by atoms with Gasteiger partial charge in [0.2, 0.25) is 0 Å². The average Bonchev–Trinajstić information content (AvgIpc) is 3.22. The molecule has 7 heteroatoms. The van der Waals surface area contributed by atoms with Crippen molar-refractivity contribution >= 4 is 5.91 Å². The van der Waals surface area contributed by atoms with Crippen molar-refractivity contribution in [2.75, 3.05) is 19.6 Å². The fourth-order valence-electron chi connectivity index (χ4n) is 3.16. The number of aromatic amines is 1. The normalized spacial score (nSPS) is 17.6. The first kappa shape index (κ1) is 15.7. The van der Waals surface area contributed by atoms with E-state index in [9.17, 15) is 4.79 Å². The molecule has 0 aromatic carbocycles. The molecule has 0 bridgehead atoms. The lowest BCUT2D eigenvalue weighted by atomic mass is 10.1. The van der Waals surface area contributed by atoms with Crippen molar-refractivity contribution in [1.82, 2.24) is 30.6 Å². The van der Waals surface area contributed by atoms with Gasteiger partial charge in [0.25, 0.3) is 5.91 Å². The van der Waals surface area contributed by atoms with E-state index in [1.165, 1.54) is 6.42 Å². The van der Waals surface area contributed by atoms with Gasteiger partial charge in [0, 0.05) is 24.8 Å². The Hall–Kier alpha value is -2.15. The van der Waals surface area contributed by atoms with Gasteiger partial charge in [0.15, 0.2) is 0 Å². The first-order valence-corrected chi connectivity index (χ1v) is 8.11. The molecule has 1 aliphatic rings. The summed E-state index contributed by atoms with van der Waals surface area (Å²) in [6.45, 7) is 6.80. The van der Waals surface area contributed by atoms with Gasteiger partial charge < -0.3 is 10.6 Å². The van der Waals surface area contributed by atoms with Crippen LogP contribution in [0.5, 0.6) is 0 Å². The van der Waals surface area contributed by atoms with Crippen LogP contribution >= 0.6 is 0 Å². The number of nitrogens with zero attached hydrogens (tertiary/aromatic N) is 3. The van der Waals surface area contributed by atoms with Crippen LogP contribution in [-0.2, 0) is 7.05 Å². The third-order valence-corrected chi connectivity index (χ3v) is 4.59. The highest BCUT2D eigenvalue weighted by atomic mass is 16.1. The van der Waals surface area contributed by atoms with E-state index >= 15 is 0 Å². The molecule has 0 radical (unpaired) electrons.